The molecule has 0 heterocycles. The van der Waals surface area contributed by atoms with Gasteiger partial charge in [-0.2, -0.15) is 0 Å². The summed E-state index contributed by atoms with van der Waals surface area (Å²) in [7, 11) is 0. The summed E-state index contributed by atoms with van der Waals surface area (Å²) in [6.07, 6.45) is 0. The van der Waals surface area contributed by atoms with E-state index in [-0.39, 0.29) is 11.8 Å². The quantitative estimate of drug-likeness (QED) is 0.756. The number of anilines is 3. The summed E-state index contributed by atoms with van der Waals surface area (Å²) in [6, 6.07) is 13.0. The number of benzene rings is 2. The summed E-state index contributed by atoms with van der Waals surface area (Å²) in [5.74, 6) is -0.257. The SMILES string of the molecule is CC(=O)Nc1ccc(Sc2ccc(N)c(NC(C)=O)c2)cc1. The molecule has 22 heavy (non-hydrogen) atoms. The third-order valence-electron chi connectivity index (χ3n) is 2.75. The van der Waals surface area contributed by atoms with Crippen molar-refractivity contribution in [2.45, 2.75) is 23.6 Å². The van der Waals surface area contributed by atoms with Crippen LogP contribution in [-0.4, -0.2) is 11.8 Å². The van der Waals surface area contributed by atoms with E-state index in [4.69, 9.17) is 5.73 Å². The lowest BCUT2D eigenvalue weighted by molar-refractivity contribution is -0.115. The number of nitrogen functional groups attached to an aromatic ring is 1. The largest absolute Gasteiger partial charge is 0.397 e. The number of carbonyl (C=O) groups excluding carboxylic acids is 2. The fraction of sp³-hybridized carbons (Fsp3) is 0.125. The van der Waals surface area contributed by atoms with Gasteiger partial charge in [0.15, 0.2) is 0 Å². The smallest absolute Gasteiger partial charge is 0.221 e. The number of amides is 2. The topological polar surface area (TPSA) is 84.2 Å². The molecule has 2 aromatic rings. The van der Waals surface area contributed by atoms with E-state index < -0.39 is 0 Å². The van der Waals surface area contributed by atoms with Crippen LogP contribution in [0.5, 0.6) is 0 Å². The molecule has 0 aliphatic heterocycles. The highest BCUT2D eigenvalue weighted by Crippen LogP contribution is 2.32. The molecule has 0 radical (unpaired) electrons. The molecule has 0 fully saturated rings. The predicted molar refractivity (Wildman–Crippen MR) is 90.0 cm³/mol. The van der Waals surface area contributed by atoms with E-state index in [0.29, 0.717) is 11.4 Å². The predicted octanol–water partition coefficient (Wildman–Crippen LogP) is 3.34. The highest BCUT2D eigenvalue weighted by atomic mass is 32.2. The van der Waals surface area contributed by atoms with Gasteiger partial charge in [-0.05, 0) is 42.5 Å². The van der Waals surface area contributed by atoms with Gasteiger partial charge in [0, 0.05) is 29.3 Å². The van der Waals surface area contributed by atoms with Crippen molar-refractivity contribution in [3.05, 3.63) is 42.5 Å². The third-order valence-corrected chi connectivity index (χ3v) is 3.74. The molecular weight excluding hydrogens is 298 g/mol. The summed E-state index contributed by atoms with van der Waals surface area (Å²) in [6.45, 7) is 2.92. The van der Waals surface area contributed by atoms with Crippen LogP contribution in [0.3, 0.4) is 0 Å². The maximum atomic E-state index is 11.2. The summed E-state index contributed by atoms with van der Waals surface area (Å²) >= 11 is 1.55. The molecule has 0 bridgehead atoms. The lowest BCUT2D eigenvalue weighted by atomic mass is 10.2. The number of nitrogens with one attached hydrogen (secondary N) is 2. The van der Waals surface area contributed by atoms with Gasteiger partial charge in [-0.3, -0.25) is 9.59 Å². The minimum absolute atomic E-state index is 0.0983. The zero-order valence-electron chi connectivity index (χ0n) is 12.3. The van der Waals surface area contributed by atoms with Crippen molar-refractivity contribution in [2.75, 3.05) is 16.4 Å². The van der Waals surface area contributed by atoms with Crippen LogP contribution in [0.1, 0.15) is 13.8 Å². The van der Waals surface area contributed by atoms with Crippen LogP contribution in [0.25, 0.3) is 0 Å². The Labute approximate surface area is 133 Å². The Bertz CT molecular complexity index is 699. The Morgan fingerprint density at radius 3 is 2.09 bits per heavy atom. The second-order valence-electron chi connectivity index (χ2n) is 4.74. The molecule has 0 aliphatic rings. The molecule has 6 heteroatoms. The molecule has 0 saturated carbocycles. The maximum Gasteiger partial charge on any atom is 0.221 e. The molecule has 2 aromatic carbocycles. The van der Waals surface area contributed by atoms with Crippen LogP contribution < -0.4 is 16.4 Å². The first-order chi connectivity index (χ1) is 10.4. The average molecular weight is 315 g/mol. The average Bonchev–Trinajstić information content (AvgIpc) is 2.43. The first kappa shape index (κ1) is 15.9. The molecule has 0 saturated heterocycles. The number of rotatable bonds is 4. The van der Waals surface area contributed by atoms with E-state index >= 15 is 0 Å². The number of carbonyl (C=O) groups is 2. The van der Waals surface area contributed by atoms with Crippen molar-refractivity contribution in [2.24, 2.45) is 0 Å². The molecule has 5 nitrogen and oxygen atoms in total. The fourth-order valence-electron chi connectivity index (χ4n) is 1.84. The number of hydrogen-bond donors (Lipinski definition) is 3. The number of hydrogen-bond acceptors (Lipinski definition) is 4. The molecule has 114 valence electrons. The summed E-state index contributed by atoms with van der Waals surface area (Å²) in [4.78, 5) is 24.1. The zero-order valence-corrected chi connectivity index (χ0v) is 13.2. The van der Waals surface area contributed by atoms with Gasteiger partial charge in [-0.25, -0.2) is 0 Å². The Morgan fingerprint density at radius 2 is 1.50 bits per heavy atom. The lowest BCUT2D eigenvalue weighted by Crippen LogP contribution is -2.07. The Kier molecular flexibility index (Phi) is 5.06. The molecule has 4 N–H and O–H groups in total. The second kappa shape index (κ2) is 7.00. The maximum absolute atomic E-state index is 11.2. The van der Waals surface area contributed by atoms with Crippen molar-refractivity contribution >= 4 is 40.6 Å². The van der Waals surface area contributed by atoms with Gasteiger partial charge in [-0.1, -0.05) is 11.8 Å². The van der Waals surface area contributed by atoms with Gasteiger partial charge in [0.25, 0.3) is 0 Å². The first-order valence-electron chi connectivity index (χ1n) is 6.66. The molecule has 2 amide bonds. The van der Waals surface area contributed by atoms with Gasteiger partial charge >= 0.3 is 0 Å². The molecule has 0 aromatic heterocycles. The summed E-state index contributed by atoms with van der Waals surface area (Å²) < 4.78 is 0. The normalized spacial score (nSPS) is 10.1. The van der Waals surface area contributed by atoms with E-state index in [9.17, 15) is 9.59 Å². The second-order valence-corrected chi connectivity index (χ2v) is 5.88. The van der Waals surface area contributed by atoms with E-state index in [1.807, 2.05) is 36.4 Å². The van der Waals surface area contributed by atoms with E-state index in [1.165, 1.54) is 13.8 Å². The van der Waals surface area contributed by atoms with Crippen molar-refractivity contribution in [3.63, 3.8) is 0 Å². The van der Waals surface area contributed by atoms with Gasteiger partial charge in [-0.15, -0.1) is 0 Å². The van der Waals surface area contributed by atoms with Gasteiger partial charge in [0.05, 0.1) is 11.4 Å². The zero-order chi connectivity index (χ0) is 16.1. The van der Waals surface area contributed by atoms with E-state index in [2.05, 4.69) is 10.6 Å². The molecule has 0 unspecified atom stereocenters. The number of nitrogens with two attached hydrogens (primary N) is 1. The third kappa shape index (κ3) is 4.53. The summed E-state index contributed by atoms with van der Waals surface area (Å²) in [5.41, 5.74) is 7.72. The molecule has 2 rings (SSSR count). The Balaban J connectivity index is 2.13. The fourth-order valence-corrected chi connectivity index (χ4v) is 2.70. The van der Waals surface area contributed by atoms with Crippen molar-refractivity contribution in [1.29, 1.82) is 0 Å². The first-order valence-corrected chi connectivity index (χ1v) is 7.48. The van der Waals surface area contributed by atoms with Crippen LogP contribution in [0.15, 0.2) is 52.3 Å². The van der Waals surface area contributed by atoms with Gasteiger partial charge in [0.1, 0.15) is 0 Å². The van der Waals surface area contributed by atoms with Crippen molar-refractivity contribution < 1.29 is 9.59 Å². The van der Waals surface area contributed by atoms with Gasteiger partial charge < -0.3 is 16.4 Å². The molecule has 0 spiro atoms. The minimum atomic E-state index is -0.159. The van der Waals surface area contributed by atoms with Gasteiger partial charge in [0.2, 0.25) is 11.8 Å². The van der Waals surface area contributed by atoms with Crippen molar-refractivity contribution in [3.8, 4) is 0 Å². The van der Waals surface area contributed by atoms with Crippen LogP contribution in [0.4, 0.5) is 17.1 Å². The highest BCUT2D eigenvalue weighted by molar-refractivity contribution is 7.99. The van der Waals surface area contributed by atoms with Crippen molar-refractivity contribution in [1.82, 2.24) is 0 Å². The van der Waals surface area contributed by atoms with Crippen LogP contribution >= 0.6 is 11.8 Å². The molecular formula is C16H17N3O2S. The van der Waals surface area contributed by atoms with Crippen LogP contribution in [-0.2, 0) is 9.59 Å². The summed E-state index contributed by atoms with van der Waals surface area (Å²) in [5, 5.41) is 5.43. The highest BCUT2D eigenvalue weighted by Gasteiger charge is 2.05. The minimum Gasteiger partial charge on any atom is -0.397 e. The standard InChI is InChI=1S/C16H17N3O2S/c1-10(20)18-12-3-5-13(6-4-12)22-14-7-8-15(17)16(9-14)19-11(2)21/h3-9H,17H2,1-2H3,(H,18,20)(H,19,21). The lowest BCUT2D eigenvalue weighted by Gasteiger charge is -2.09. The Hall–Kier alpha value is -2.47. The molecule has 0 atom stereocenters. The van der Waals surface area contributed by atoms with E-state index in [1.54, 1.807) is 17.8 Å². The Morgan fingerprint density at radius 1 is 0.909 bits per heavy atom. The van der Waals surface area contributed by atoms with E-state index in [0.717, 1.165) is 15.5 Å². The van der Waals surface area contributed by atoms with Crippen LogP contribution in [0, 0.1) is 0 Å². The molecule has 0 aliphatic carbocycles. The monoisotopic (exact) mass is 315 g/mol. The van der Waals surface area contributed by atoms with Crippen LogP contribution in [0.2, 0.25) is 0 Å².